The van der Waals surface area contributed by atoms with Gasteiger partial charge in [-0.1, -0.05) is 41.9 Å². The van der Waals surface area contributed by atoms with E-state index in [1.54, 1.807) is 0 Å². The molecule has 0 unspecified atom stereocenters. The van der Waals surface area contributed by atoms with Gasteiger partial charge in [-0.2, -0.15) is 5.10 Å². The van der Waals surface area contributed by atoms with Crippen LogP contribution in [0.5, 0.6) is 5.75 Å². The van der Waals surface area contributed by atoms with Crippen LogP contribution in [0.25, 0.3) is 10.1 Å². The van der Waals surface area contributed by atoms with Crippen LogP contribution < -0.4 is 15.5 Å². The molecule has 28 heavy (non-hydrogen) atoms. The van der Waals surface area contributed by atoms with Crippen molar-refractivity contribution in [2.75, 3.05) is 13.2 Å². The Kier molecular flexibility index (Phi) is 6.62. The number of nitrogens with one attached hydrogen (secondary N) is 2. The van der Waals surface area contributed by atoms with E-state index in [-0.39, 0.29) is 6.54 Å². The van der Waals surface area contributed by atoms with Crippen molar-refractivity contribution in [1.82, 2.24) is 10.7 Å². The molecule has 1 aromatic heterocycles. The quantitative estimate of drug-likeness (QED) is 0.454. The summed E-state index contributed by atoms with van der Waals surface area (Å²) in [6.45, 7) is 2.21. The lowest BCUT2D eigenvalue weighted by Gasteiger charge is -2.06. The number of rotatable bonds is 7. The van der Waals surface area contributed by atoms with Gasteiger partial charge < -0.3 is 10.1 Å². The average Bonchev–Trinajstić information content (AvgIpc) is 3.05. The smallest absolute Gasteiger partial charge is 0.263 e. The summed E-state index contributed by atoms with van der Waals surface area (Å²) in [4.78, 5) is 24.6. The number of amides is 2. The molecule has 0 aliphatic rings. The Morgan fingerprint density at radius 2 is 1.93 bits per heavy atom. The summed E-state index contributed by atoms with van der Waals surface area (Å²) in [5.74, 6) is -0.168. The van der Waals surface area contributed by atoms with Gasteiger partial charge in [0.15, 0.2) is 0 Å². The molecule has 0 atom stereocenters. The van der Waals surface area contributed by atoms with Gasteiger partial charge in [-0.25, -0.2) is 5.43 Å². The summed E-state index contributed by atoms with van der Waals surface area (Å²) in [5.41, 5.74) is 3.12. The fraction of sp³-hybridized carbons (Fsp3) is 0.150. The van der Waals surface area contributed by atoms with Crippen molar-refractivity contribution in [3.8, 4) is 5.75 Å². The Morgan fingerprint density at radius 1 is 1.18 bits per heavy atom. The third-order valence-electron chi connectivity index (χ3n) is 3.76. The highest BCUT2D eigenvalue weighted by Gasteiger charge is 2.17. The van der Waals surface area contributed by atoms with E-state index in [2.05, 4.69) is 15.8 Å². The molecule has 0 fully saturated rings. The molecule has 8 heteroatoms. The summed E-state index contributed by atoms with van der Waals surface area (Å²) < 4.78 is 6.40. The topological polar surface area (TPSA) is 79.8 Å². The first kappa shape index (κ1) is 19.9. The minimum atomic E-state index is -0.448. The first-order valence-corrected chi connectivity index (χ1v) is 9.78. The SMILES string of the molecule is CCOc1ccccc1C=NNC(=O)CNC(=O)c1sc2ccccc2c1Cl. The van der Waals surface area contributed by atoms with Crippen LogP contribution in [0.1, 0.15) is 22.2 Å². The van der Waals surface area contributed by atoms with E-state index in [9.17, 15) is 9.59 Å². The van der Waals surface area contributed by atoms with Crippen LogP contribution >= 0.6 is 22.9 Å². The van der Waals surface area contributed by atoms with E-state index in [1.807, 2.05) is 55.5 Å². The fourth-order valence-electron chi connectivity index (χ4n) is 2.49. The van der Waals surface area contributed by atoms with E-state index < -0.39 is 11.8 Å². The molecule has 0 saturated carbocycles. The highest BCUT2D eigenvalue weighted by Crippen LogP contribution is 2.34. The van der Waals surface area contributed by atoms with Crippen molar-refractivity contribution in [3.63, 3.8) is 0 Å². The summed E-state index contributed by atoms with van der Waals surface area (Å²) in [6.07, 6.45) is 1.49. The van der Waals surface area contributed by atoms with Gasteiger partial charge in [0.25, 0.3) is 11.8 Å². The van der Waals surface area contributed by atoms with Gasteiger partial charge in [0.2, 0.25) is 0 Å². The number of hydrazone groups is 1. The molecule has 3 rings (SSSR count). The highest BCUT2D eigenvalue weighted by atomic mass is 35.5. The number of thiophene rings is 1. The van der Waals surface area contributed by atoms with E-state index in [0.717, 1.165) is 15.6 Å². The molecule has 0 spiro atoms. The molecule has 2 aromatic carbocycles. The Hall–Kier alpha value is -2.90. The van der Waals surface area contributed by atoms with Crippen LogP contribution in [0, 0.1) is 0 Å². The van der Waals surface area contributed by atoms with Gasteiger partial charge in [0.1, 0.15) is 10.6 Å². The second-order valence-corrected chi connectivity index (χ2v) is 7.12. The predicted molar refractivity (Wildman–Crippen MR) is 113 cm³/mol. The molecule has 0 aliphatic carbocycles. The van der Waals surface area contributed by atoms with Crippen molar-refractivity contribution >= 4 is 51.1 Å². The standard InChI is InChI=1S/C20H18ClN3O3S/c1-2-27-15-9-5-3-7-13(15)11-23-24-17(25)12-22-20(26)19-18(21)14-8-4-6-10-16(14)28-19/h3-11H,2,12H2,1H3,(H,22,26)(H,24,25). The maximum absolute atomic E-state index is 12.3. The van der Waals surface area contributed by atoms with Crippen molar-refractivity contribution < 1.29 is 14.3 Å². The molecule has 2 amide bonds. The Labute approximate surface area is 171 Å². The van der Waals surface area contributed by atoms with Gasteiger partial charge in [0.05, 0.1) is 24.4 Å². The third kappa shape index (κ3) is 4.68. The van der Waals surface area contributed by atoms with Gasteiger partial charge >= 0.3 is 0 Å². The van der Waals surface area contributed by atoms with Crippen LogP contribution in [0.15, 0.2) is 53.6 Å². The first-order valence-electron chi connectivity index (χ1n) is 8.59. The summed E-state index contributed by atoms with van der Waals surface area (Å²) in [5, 5.41) is 7.68. The lowest BCUT2D eigenvalue weighted by Crippen LogP contribution is -2.34. The van der Waals surface area contributed by atoms with Crippen LogP contribution in [-0.4, -0.2) is 31.2 Å². The number of halogens is 1. The number of hydrogen-bond donors (Lipinski definition) is 2. The minimum Gasteiger partial charge on any atom is -0.493 e. The molecule has 0 bridgehead atoms. The zero-order valence-corrected chi connectivity index (χ0v) is 16.6. The number of fused-ring (bicyclic) bond motifs is 1. The van der Waals surface area contributed by atoms with Crippen LogP contribution in [0.4, 0.5) is 0 Å². The summed E-state index contributed by atoms with van der Waals surface area (Å²) in [7, 11) is 0. The number of benzene rings is 2. The fourth-order valence-corrected chi connectivity index (χ4v) is 3.92. The lowest BCUT2D eigenvalue weighted by atomic mass is 10.2. The zero-order valence-electron chi connectivity index (χ0n) is 15.1. The second kappa shape index (κ2) is 9.34. The first-order chi connectivity index (χ1) is 13.6. The lowest BCUT2D eigenvalue weighted by molar-refractivity contribution is -0.120. The van der Waals surface area contributed by atoms with Crippen molar-refractivity contribution in [1.29, 1.82) is 0 Å². The highest BCUT2D eigenvalue weighted by molar-refractivity contribution is 7.21. The number of carbonyl (C=O) groups is 2. The average molecular weight is 416 g/mol. The van der Waals surface area contributed by atoms with E-state index in [0.29, 0.717) is 22.3 Å². The van der Waals surface area contributed by atoms with Gasteiger partial charge in [-0.05, 0) is 25.1 Å². The molecule has 2 N–H and O–H groups in total. The van der Waals surface area contributed by atoms with E-state index >= 15 is 0 Å². The van der Waals surface area contributed by atoms with Crippen LogP contribution in [-0.2, 0) is 4.79 Å². The van der Waals surface area contributed by atoms with Crippen LogP contribution in [0.2, 0.25) is 5.02 Å². The zero-order chi connectivity index (χ0) is 19.9. The molecule has 6 nitrogen and oxygen atoms in total. The summed E-state index contributed by atoms with van der Waals surface area (Å²) in [6, 6.07) is 14.8. The molecule has 1 heterocycles. The molecule has 0 saturated heterocycles. The largest absolute Gasteiger partial charge is 0.493 e. The normalized spacial score (nSPS) is 10.9. The Bertz CT molecular complexity index is 1030. The number of para-hydroxylation sites is 1. The Balaban J connectivity index is 1.55. The third-order valence-corrected chi connectivity index (χ3v) is 5.44. The summed E-state index contributed by atoms with van der Waals surface area (Å²) >= 11 is 7.56. The van der Waals surface area contributed by atoms with Gasteiger partial charge in [0, 0.05) is 15.6 Å². The number of hydrogen-bond acceptors (Lipinski definition) is 5. The van der Waals surface area contributed by atoms with E-state index in [1.165, 1.54) is 17.6 Å². The molecular formula is C20H18ClN3O3S. The minimum absolute atomic E-state index is 0.214. The molecule has 144 valence electrons. The molecule has 3 aromatic rings. The van der Waals surface area contributed by atoms with Crippen molar-refractivity contribution in [3.05, 3.63) is 64.0 Å². The monoisotopic (exact) mass is 415 g/mol. The van der Waals surface area contributed by atoms with Crippen LogP contribution in [0.3, 0.4) is 0 Å². The molecule has 0 aliphatic heterocycles. The van der Waals surface area contributed by atoms with Crippen molar-refractivity contribution in [2.24, 2.45) is 5.10 Å². The van der Waals surface area contributed by atoms with Gasteiger partial charge in [-0.3, -0.25) is 9.59 Å². The number of nitrogens with zero attached hydrogens (tertiary/aromatic N) is 1. The van der Waals surface area contributed by atoms with Crippen molar-refractivity contribution in [2.45, 2.75) is 6.92 Å². The maximum atomic E-state index is 12.3. The van der Waals surface area contributed by atoms with E-state index in [4.69, 9.17) is 16.3 Å². The number of ether oxygens (including phenoxy) is 1. The predicted octanol–water partition coefficient (Wildman–Crippen LogP) is 3.83. The maximum Gasteiger partial charge on any atom is 0.263 e. The second-order valence-electron chi connectivity index (χ2n) is 5.69. The Morgan fingerprint density at radius 3 is 2.71 bits per heavy atom. The molecule has 0 radical (unpaired) electrons. The number of carbonyl (C=O) groups excluding carboxylic acids is 2. The van der Waals surface area contributed by atoms with Gasteiger partial charge in [-0.15, -0.1) is 11.3 Å². The molecular weight excluding hydrogens is 398 g/mol.